The van der Waals surface area contributed by atoms with E-state index in [1.54, 1.807) is 12.4 Å². The van der Waals surface area contributed by atoms with Gasteiger partial charge in [-0.05, 0) is 25.3 Å². The number of rotatable bonds is 2. The Bertz CT molecular complexity index is 354. The highest BCUT2D eigenvalue weighted by Crippen LogP contribution is 2.16. The molecular formula is C11H16N4O. The summed E-state index contributed by atoms with van der Waals surface area (Å²) in [7, 11) is 0. The molecule has 1 amide bonds. The van der Waals surface area contributed by atoms with Crippen LogP contribution in [0.15, 0.2) is 18.7 Å². The zero-order chi connectivity index (χ0) is 11.4. The van der Waals surface area contributed by atoms with Crippen LogP contribution in [0.25, 0.3) is 0 Å². The van der Waals surface area contributed by atoms with E-state index < -0.39 is 0 Å². The molecule has 1 aromatic heterocycles. The molecule has 1 fully saturated rings. The number of anilines is 1. The second-order valence-corrected chi connectivity index (χ2v) is 4.17. The van der Waals surface area contributed by atoms with Crippen molar-refractivity contribution in [2.24, 2.45) is 5.92 Å². The van der Waals surface area contributed by atoms with Gasteiger partial charge in [-0.2, -0.15) is 0 Å². The molecule has 1 aliphatic heterocycles. The maximum absolute atomic E-state index is 11.9. The van der Waals surface area contributed by atoms with Crippen molar-refractivity contribution in [2.75, 3.05) is 11.9 Å². The lowest BCUT2D eigenvalue weighted by Crippen LogP contribution is -2.48. The topological polar surface area (TPSA) is 66.9 Å². The van der Waals surface area contributed by atoms with E-state index in [1.165, 1.54) is 6.33 Å². The van der Waals surface area contributed by atoms with Crippen molar-refractivity contribution in [2.45, 2.75) is 25.8 Å². The first-order chi connectivity index (χ1) is 7.77. The van der Waals surface area contributed by atoms with E-state index in [1.807, 2.05) is 0 Å². The van der Waals surface area contributed by atoms with Crippen LogP contribution in [0.5, 0.6) is 0 Å². The molecule has 86 valence electrons. The molecule has 0 spiro atoms. The highest BCUT2D eigenvalue weighted by atomic mass is 16.2. The highest BCUT2D eigenvalue weighted by Gasteiger charge is 2.27. The minimum absolute atomic E-state index is 0.00185. The molecule has 1 aromatic rings. The van der Waals surface area contributed by atoms with Crippen LogP contribution in [-0.2, 0) is 4.79 Å². The SMILES string of the molecule is CC1CCCNC1C(=O)Nc1cncnc1. The van der Waals surface area contributed by atoms with Crippen molar-refractivity contribution in [1.29, 1.82) is 0 Å². The molecule has 2 atom stereocenters. The van der Waals surface area contributed by atoms with Gasteiger partial charge in [0.1, 0.15) is 6.33 Å². The van der Waals surface area contributed by atoms with Crippen molar-refractivity contribution in [3.63, 3.8) is 0 Å². The van der Waals surface area contributed by atoms with Crippen molar-refractivity contribution >= 4 is 11.6 Å². The highest BCUT2D eigenvalue weighted by molar-refractivity contribution is 5.94. The van der Waals surface area contributed by atoms with Gasteiger partial charge in [0.15, 0.2) is 0 Å². The van der Waals surface area contributed by atoms with Gasteiger partial charge in [0.2, 0.25) is 5.91 Å². The number of piperidine rings is 1. The molecule has 1 aliphatic rings. The molecule has 2 rings (SSSR count). The summed E-state index contributed by atoms with van der Waals surface area (Å²) in [6, 6.07) is -0.103. The Balaban J connectivity index is 1.97. The van der Waals surface area contributed by atoms with Crippen LogP contribution in [0.1, 0.15) is 19.8 Å². The molecule has 0 radical (unpaired) electrons. The fourth-order valence-electron chi connectivity index (χ4n) is 1.98. The van der Waals surface area contributed by atoms with Crippen molar-refractivity contribution in [3.05, 3.63) is 18.7 Å². The zero-order valence-electron chi connectivity index (χ0n) is 9.31. The average Bonchev–Trinajstić information content (AvgIpc) is 2.31. The number of hydrogen-bond donors (Lipinski definition) is 2. The van der Waals surface area contributed by atoms with Crippen molar-refractivity contribution < 1.29 is 4.79 Å². The molecule has 2 N–H and O–H groups in total. The second kappa shape index (κ2) is 5.03. The van der Waals surface area contributed by atoms with Gasteiger partial charge >= 0.3 is 0 Å². The van der Waals surface area contributed by atoms with Gasteiger partial charge in [0.05, 0.1) is 24.1 Å². The molecule has 16 heavy (non-hydrogen) atoms. The first-order valence-corrected chi connectivity index (χ1v) is 5.56. The van der Waals surface area contributed by atoms with Crippen molar-refractivity contribution in [1.82, 2.24) is 15.3 Å². The van der Waals surface area contributed by atoms with Gasteiger partial charge in [-0.3, -0.25) is 4.79 Å². The summed E-state index contributed by atoms with van der Waals surface area (Å²) in [4.78, 5) is 19.7. The minimum atomic E-state index is -0.103. The van der Waals surface area contributed by atoms with E-state index in [0.717, 1.165) is 19.4 Å². The van der Waals surface area contributed by atoms with E-state index in [0.29, 0.717) is 11.6 Å². The van der Waals surface area contributed by atoms with Crippen LogP contribution in [-0.4, -0.2) is 28.5 Å². The number of nitrogens with zero attached hydrogens (tertiary/aromatic N) is 2. The van der Waals surface area contributed by atoms with Crippen LogP contribution in [0, 0.1) is 5.92 Å². The Labute approximate surface area is 94.7 Å². The number of carbonyl (C=O) groups excluding carboxylic acids is 1. The van der Waals surface area contributed by atoms with Crippen LogP contribution in [0.2, 0.25) is 0 Å². The summed E-state index contributed by atoms with van der Waals surface area (Å²) >= 11 is 0. The Morgan fingerprint density at radius 3 is 2.94 bits per heavy atom. The van der Waals surface area contributed by atoms with Gasteiger partial charge in [-0.1, -0.05) is 6.92 Å². The molecule has 2 unspecified atom stereocenters. The molecular weight excluding hydrogens is 204 g/mol. The van der Waals surface area contributed by atoms with Gasteiger partial charge in [-0.25, -0.2) is 9.97 Å². The Kier molecular flexibility index (Phi) is 3.46. The van der Waals surface area contributed by atoms with E-state index >= 15 is 0 Å². The Hall–Kier alpha value is -1.49. The molecule has 1 saturated heterocycles. The molecule has 0 aromatic carbocycles. The van der Waals surface area contributed by atoms with Gasteiger partial charge in [0.25, 0.3) is 0 Å². The maximum atomic E-state index is 11.9. The van der Waals surface area contributed by atoms with E-state index in [4.69, 9.17) is 0 Å². The summed E-state index contributed by atoms with van der Waals surface area (Å²) < 4.78 is 0. The minimum Gasteiger partial charge on any atom is -0.322 e. The zero-order valence-corrected chi connectivity index (χ0v) is 9.31. The van der Waals surface area contributed by atoms with Crippen LogP contribution in [0.3, 0.4) is 0 Å². The fourth-order valence-corrected chi connectivity index (χ4v) is 1.98. The number of amides is 1. The van der Waals surface area contributed by atoms with Crippen LogP contribution < -0.4 is 10.6 Å². The summed E-state index contributed by atoms with van der Waals surface area (Å²) in [6.07, 6.45) is 6.86. The molecule has 0 bridgehead atoms. The van der Waals surface area contributed by atoms with Gasteiger partial charge in [0, 0.05) is 0 Å². The molecule has 5 nitrogen and oxygen atoms in total. The Morgan fingerprint density at radius 2 is 2.25 bits per heavy atom. The summed E-state index contributed by atoms with van der Waals surface area (Å²) in [5, 5.41) is 6.05. The lowest BCUT2D eigenvalue weighted by atomic mass is 9.92. The van der Waals surface area contributed by atoms with E-state index in [2.05, 4.69) is 27.5 Å². The summed E-state index contributed by atoms with van der Waals surface area (Å²) in [5.41, 5.74) is 0.645. The first-order valence-electron chi connectivity index (χ1n) is 5.56. The molecule has 0 aliphatic carbocycles. The number of nitrogens with one attached hydrogen (secondary N) is 2. The monoisotopic (exact) mass is 220 g/mol. The largest absolute Gasteiger partial charge is 0.322 e. The molecule has 5 heteroatoms. The predicted octanol–water partition coefficient (Wildman–Crippen LogP) is 0.803. The van der Waals surface area contributed by atoms with Gasteiger partial charge in [-0.15, -0.1) is 0 Å². The lowest BCUT2D eigenvalue weighted by molar-refractivity contribution is -0.119. The maximum Gasteiger partial charge on any atom is 0.241 e. The summed E-state index contributed by atoms with van der Waals surface area (Å²) in [5.74, 6) is 0.375. The van der Waals surface area contributed by atoms with Crippen LogP contribution >= 0.6 is 0 Å². The normalized spacial score (nSPS) is 25.1. The van der Waals surface area contributed by atoms with E-state index in [-0.39, 0.29) is 11.9 Å². The average molecular weight is 220 g/mol. The number of aromatic nitrogens is 2. The standard InChI is InChI=1S/C11H16N4O/c1-8-3-2-4-14-10(8)11(16)15-9-5-12-7-13-6-9/h5-8,10,14H,2-4H2,1H3,(H,15,16). The number of carbonyl (C=O) groups is 1. The first kappa shape index (κ1) is 11.0. The van der Waals surface area contributed by atoms with Gasteiger partial charge < -0.3 is 10.6 Å². The number of hydrogen-bond acceptors (Lipinski definition) is 4. The summed E-state index contributed by atoms with van der Waals surface area (Å²) in [6.45, 7) is 3.01. The van der Waals surface area contributed by atoms with E-state index in [9.17, 15) is 4.79 Å². The fraction of sp³-hybridized carbons (Fsp3) is 0.545. The van der Waals surface area contributed by atoms with Crippen molar-refractivity contribution in [3.8, 4) is 0 Å². The quantitative estimate of drug-likeness (QED) is 0.773. The third kappa shape index (κ3) is 2.55. The third-order valence-corrected chi connectivity index (χ3v) is 2.88. The smallest absolute Gasteiger partial charge is 0.241 e. The Morgan fingerprint density at radius 1 is 1.50 bits per heavy atom. The predicted molar refractivity (Wildman–Crippen MR) is 60.9 cm³/mol. The third-order valence-electron chi connectivity index (χ3n) is 2.88. The molecule has 0 saturated carbocycles. The second-order valence-electron chi connectivity index (χ2n) is 4.17. The van der Waals surface area contributed by atoms with Crippen LogP contribution in [0.4, 0.5) is 5.69 Å². The molecule has 2 heterocycles. The lowest BCUT2D eigenvalue weighted by Gasteiger charge is -2.28.